The van der Waals surface area contributed by atoms with E-state index >= 15 is 0 Å². The van der Waals surface area contributed by atoms with E-state index in [0.29, 0.717) is 11.4 Å². The second-order valence-electron chi connectivity index (χ2n) is 7.43. The molecule has 0 spiro atoms. The van der Waals surface area contributed by atoms with E-state index < -0.39 is 0 Å². The number of thiophene rings is 1. The Labute approximate surface area is 186 Å². The van der Waals surface area contributed by atoms with Crippen molar-refractivity contribution in [3.63, 3.8) is 0 Å². The zero-order chi connectivity index (χ0) is 21.2. The van der Waals surface area contributed by atoms with Crippen LogP contribution in [0.15, 0.2) is 109 Å². The molecule has 0 unspecified atom stereocenters. The third-order valence-electron chi connectivity index (χ3n) is 5.56. The maximum absolute atomic E-state index is 6.39. The van der Waals surface area contributed by atoms with Gasteiger partial charge in [0.1, 0.15) is 0 Å². The highest BCUT2D eigenvalue weighted by atomic mass is 32.1. The molecule has 0 amide bonds. The van der Waals surface area contributed by atoms with Crippen LogP contribution in [0.5, 0.6) is 0 Å². The molecule has 4 N–H and O–H groups in total. The fourth-order valence-electron chi connectivity index (χ4n) is 4.09. The smallest absolute Gasteiger partial charge is 0.0627 e. The quantitative estimate of drug-likeness (QED) is 0.296. The largest absolute Gasteiger partial charge is 0.397 e. The Balaban J connectivity index is 1.81. The van der Waals surface area contributed by atoms with Crippen LogP contribution in [0.2, 0.25) is 0 Å². The van der Waals surface area contributed by atoms with Gasteiger partial charge in [0, 0.05) is 16.0 Å². The van der Waals surface area contributed by atoms with Crippen molar-refractivity contribution in [1.29, 1.82) is 0 Å². The van der Waals surface area contributed by atoms with E-state index in [4.69, 9.17) is 11.5 Å². The number of nitrogen functional groups attached to an aromatic ring is 2. The zero-order valence-corrected chi connectivity index (χ0v) is 17.8. The summed E-state index contributed by atoms with van der Waals surface area (Å²) >= 11 is 1.76. The number of anilines is 2. The number of nitrogens with two attached hydrogens (primary N) is 2. The van der Waals surface area contributed by atoms with Crippen LogP contribution in [0, 0.1) is 0 Å². The molecule has 1 aromatic heterocycles. The van der Waals surface area contributed by atoms with Gasteiger partial charge < -0.3 is 11.5 Å². The molecule has 150 valence electrons. The Morgan fingerprint density at radius 3 is 1.84 bits per heavy atom. The summed E-state index contributed by atoms with van der Waals surface area (Å²) in [6.07, 6.45) is 0. The molecule has 0 saturated heterocycles. The Bertz CT molecular complexity index is 1340. The predicted molar refractivity (Wildman–Crippen MR) is 135 cm³/mol. The van der Waals surface area contributed by atoms with Gasteiger partial charge in [0.05, 0.1) is 11.4 Å². The van der Waals surface area contributed by atoms with E-state index in [1.165, 1.54) is 27.1 Å². The molecule has 0 aliphatic rings. The van der Waals surface area contributed by atoms with Crippen molar-refractivity contribution in [2.75, 3.05) is 11.5 Å². The van der Waals surface area contributed by atoms with Crippen molar-refractivity contribution >= 4 is 22.7 Å². The third-order valence-corrected chi connectivity index (χ3v) is 6.45. The minimum atomic E-state index is 0.601. The SMILES string of the molecule is Nc1cccc(-c2ccccc2-c2cccc(-c3ccccc3)c2-c2cccs2)c1N. The molecule has 0 aliphatic carbocycles. The number of hydrogen-bond acceptors (Lipinski definition) is 3. The topological polar surface area (TPSA) is 52.0 Å². The number of benzene rings is 4. The lowest BCUT2D eigenvalue weighted by Crippen LogP contribution is -1.98. The van der Waals surface area contributed by atoms with Crippen LogP contribution >= 0.6 is 11.3 Å². The van der Waals surface area contributed by atoms with Crippen LogP contribution in [0.4, 0.5) is 11.4 Å². The first kappa shape index (κ1) is 19.2. The number of hydrogen-bond donors (Lipinski definition) is 2. The minimum Gasteiger partial charge on any atom is -0.397 e. The number of rotatable bonds is 4. The molecule has 5 aromatic rings. The van der Waals surface area contributed by atoms with E-state index in [2.05, 4.69) is 84.2 Å². The first-order chi connectivity index (χ1) is 15.2. The molecule has 0 atom stereocenters. The third kappa shape index (κ3) is 3.49. The van der Waals surface area contributed by atoms with Gasteiger partial charge in [-0.3, -0.25) is 0 Å². The van der Waals surface area contributed by atoms with Gasteiger partial charge in [0.2, 0.25) is 0 Å². The first-order valence-corrected chi connectivity index (χ1v) is 11.1. The summed E-state index contributed by atoms with van der Waals surface area (Å²) in [5, 5.41) is 2.13. The molecule has 0 radical (unpaired) electrons. The highest BCUT2D eigenvalue weighted by Crippen LogP contribution is 2.45. The van der Waals surface area contributed by atoms with Gasteiger partial charge in [-0.2, -0.15) is 0 Å². The fraction of sp³-hybridized carbons (Fsp3) is 0. The monoisotopic (exact) mass is 418 g/mol. The van der Waals surface area contributed by atoms with Crippen LogP contribution in [0.3, 0.4) is 0 Å². The second-order valence-corrected chi connectivity index (χ2v) is 8.37. The second kappa shape index (κ2) is 8.13. The molecule has 0 saturated carbocycles. The molecule has 1 heterocycles. The predicted octanol–water partition coefficient (Wildman–Crippen LogP) is 7.58. The van der Waals surface area contributed by atoms with Crippen LogP contribution in [0.25, 0.3) is 43.8 Å². The van der Waals surface area contributed by atoms with E-state index in [9.17, 15) is 0 Å². The van der Waals surface area contributed by atoms with Gasteiger partial charge in [0.15, 0.2) is 0 Å². The van der Waals surface area contributed by atoms with Crippen molar-refractivity contribution in [3.8, 4) is 43.8 Å². The Morgan fingerprint density at radius 2 is 1.10 bits per heavy atom. The van der Waals surface area contributed by atoms with Crippen LogP contribution in [-0.4, -0.2) is 0 Å². The number of para-hydroxylation sites is 1. The van der Waals surface area contributed by atoms with Crippen molar-refractivity contribution in [1.82, 2.24) is 0 Å². The minimum absolute atomic E-state index is 0.601. The summed E-state index contributed by atoms with van der Waals surface area (Å²) in [5.41, 5.74) is 21.8. The van der Waals surface area contributed by atoms with Crippen molar-refractivity contribution in [3.05, 3.63) is 109 Å². The van der Waals surface area contributed by atoms with Gasteiger partial charge in [-0.25, -0.2) is 0 Å². The standard InChI is InChI=1S/C28H22N2S/c29-25-16-7-15-24(28(25)30)22-12-5-4-11-21(22)23-14-6-13-20(19-9-2-1-3-10-19)27(23)26-17-8-18-31-26/h1-18H,29-30H2. The van der Waals surface area contributed by atoms with Gasteiger partial charge >= 0.3 is 0 Å². The van der Waals surface area contributed by atoms with E-state index in [0.717, 1.165) is 16.7 Å². The van der Waals surface area contributed by atoms with Gasteiger partial charge in [-0.05, 0) is 45.3 Å². The lowest BCUT2D eigenvalue weighted by Gasteiger charge is -2.18. The molecule has 4 aromatic carbocycles. The maximum Gasteiger partial charge on any atom is 0.0627 e. The van der Waals surface area contributed by atoms with E-state index in [-0.39, 0.29) is 0 Å². The molecular weight excluding hydrogens is 396 g/mol. The summed E-state index contributed by atoms with van der Waals surface area (Å²) in [6, 6.07) is 35.6. The van der Waals surface area contributed by atoms with Crippen LogP contribution in [0.1, 0.15) is 0 Å². The first-order valence-electron chi connectivity index (χ1n) is 10.2. The molecular formula is C28H22N2S. The lowest BCUT2D eigenvalue weighted by atomic mass is 9.87. The molecule has 2 nitrogen and oxygen atoms in total. The van der Waals surface area contributed by atoms with E-state index in [1.807, 2.05) is 24.3 Å². The summed E-state index contributed by atoms with van der Waals surface area (Å²) in [6.45, 7) is 0. The summed E-state index contributed by atoms with van der Waals surface area (Å²) in [5.74, 6) is 0. The highest BCUT2D eigenvalue weighted by Gasteiger charge is 2.18. The molecule has 3 heteroatoms. The summed E-state index contributed by atoms with van der Waals surface area (Å²) < 4.78 is 0. The molecule has 0 bridgehead atoms. The molecule has 31 heavy (non-hydrogen) atoms. The summed E-state index contributed by atoms with van der Waals surface area (Å²) in [7, 11) is 0. The molecule has 0 fully saturated rings. The van der Waals surface area contributed by atoms with Crippen molar-refractivity contribution in [2.45, 2.75) is 0 Å². The Kier molecular flexibility index (Phi) is 5.03. The maximum atomic E-state index is 6.39. The van der Waals surface area contributed by atoms with Gasteiger partial charge in [-0.1, -0.05) is 91.0 Å². The zero-order valence-electron chi connectivity index (χ0n) is 17.0. The fourth-order valence-corrected chi connectivity index (χ4v) is 4.89. The Hall–Kier alpha value is -3.82. The molecule has 0 aliphatic heterocycles. The van der Waals surface area contributed by atoms with Gasteiger partial charge in [0.25, 0.3) is 0 Å². The van der Waals surface area contributed by atoms with Crippen LogP contribution in [-0.2, 0) is 0 Å². The Morgan fingerprint density at radius 1 is 0.484 bits per heavy atom. The van der Waals surface area contributed by atoms with Gasteiger partial charge in [-0.15, -0.1) is 11.3 Å². The van der Waals surface area contributed by atoms with Crippen molar-refractivity contribution < 1.29 is 0 Å². The normalized spacial score (nSPS) is 10.8. The van der Waals surface area contributed by atoms with E-state index in [1.54, 1.807) is 11.3 Å². The van der Waals surface area contributed by atoms with Crippen molar-refractivity contribution in [2.24, 2.45) is 0 Å². The average Bonchev–Trinajstić information content (AvgIpc) is 3.36. The molecule has 5 rings (SSSR count). The average molecular weight is 419 g/mol. The van der Waals surface area contributed by atoms with Crippen LogP contribution < -0.4 is 11.5 Å². The lowest BCUT2D eigenvalue weighted by molar-refractivity contribution is 1.56. The summed E-state index contributed by atoms with van der Waals surface area (Å²) in [4.78, 5) is 1.24. The highest BCUT2D eigenvalue weighted by molar-refractivity contribution is 7.13.